The standard InChI is InChI=1S/C18H12ClF3N4OS/c1-9(15(27)12-7-23-14-5-3-2-4-11(12)14)28-17-25-24-16-13(19)6-10(8-26(16)17)18(20,21)22/h2-9,23H,1H3. The monoisotopic (exact) mass is 424 g/mol. The molecule has 1 atom stereocenters. The number of carbonyl (C=O) groups is 1. The van der Waals surface area contributed by atoms with Crippen LogP contribution in [-0.2, 0) is 6.18 Å². The zero-order valence-corrected chi connectivity index (χ0v) is 15.9. The number of pyridine rings is 1. The number of halogens is 4. The van der Waals surface area contributed by atoms with E-state index in [0.717, 1.165) is 39.3 Å². The quantitative estimate of drug-likeness (QED) is 0.359. The maximum Gasteiger partial charge on any atom is 0.417 e. The molecule has 4 aromatic rings. The van der Waals surface area contributed by atoms with Crippen LogP contribution < -0.4 is 0 Å². The van der Waals surface area contributed by atoms with Crippen LogP contribution in [0.3, 0.4) is 0 Å². The van der Waals surface area contributed by atoms with E-state index in [1.54, 1.807) is 13.1 Å². The van der Waals surface area contributed by atoms with Crippen molar-refractivity contribution in [2.24, 2.45) is 0 Å². The molecule has 1 unspecified atom stereocenters. The molecule has 0 radical (unpaired) electrons. The molecule has 1 aromatic carbocycles. The first-order valence-corrected chi connectivity index (χ1v) is 9.40. The molecule has 10 heteroatoms. The number of rotatable bonds is 4. The summed E-state index contributed by atoms with van der Waals surface area (Å²) in [6, 6.07) is 8.18. The summed E-state index contributed by atoms with van der Waals surface area (Å²) in [4.78, 5) is 15.9. The normalized spacial score (nSPS) is 13.3. The van der Waals surface area contributed by atoms with Gasteiger partial charge < -0.3 is 4.98 Å². The first-order valence-electron chi connectivity index (χ1n) is 8.14. The van der Waals surface area contributed by atoms with Gasteiger partial charge in [-0.05, 0) is 19.1 Å². The lowest BCUT2D eigenvalue weighted by atomic mass is 10.1. The molecular formula is C18H12ClF3N4OS. The molecule has 0 saturated heterocycles. The third-order valence-corrected chi connectivity index (χ3v) is 5.60. The minimum absolute atomic E-state index is 0.101. The minimum Gasteiger partial charge on any atom is -0.360 e. The van der Waals surface area contributed by atoms with Gasteiger partial charge in [0, 0.05) is 28.9 Å². The number of benzene rings is 1. The molecule has 3 aromatic heterocycles. The first kappa shape index (κ1) is 18.8. The van der Waals surface area contributed by atoms with Crippen LogP contribution in [0.4, 0.5) is 13.2 Å². The Labute approximate surface area is 165 Å². The summed E-state index contributed by atoms with van der Waals surface area (Å²) in [5.41, 5.74) is 0.530. The van der Waals surface area contributed by atoms with Crippen molar-refractivity contribution in [3.63, 3.8) is 0 Å². The lowest BCUT2D eigenvalue weighted by Gasteiger charge is -2.11. The van der Waals surface area contributed by atoms with Crippen LogP contribution >= 0.6 is 23.4 Å². The molecule has 0 aliphatic carbocycles. The van der Waals surface area contributed by atoms with E-state index in [4.69, 9.17) is 11.6 Å². The Morgan fingerprint density at radius 2 is 2.04 bits per heavy atom. The Hall–Kier alpha value is -2.52. The van der Waals surface area contributed by atoms with Gasteiger partial charge in [0.2, 0.25) is 0 Å². The van der Waals surface area contributed by atoms with Gasteiger partial charge in [-0.3, -0.25) is 9.20 Å². The molecule has 28 heavy (non-hydrogen) atoms. The number of thioether (sulfide) groups is 1. The first-order chi connectivity index (χ1) is 13.3. The number of H-pyrrole nitrogens is 1. The number of ketones is 1. The lowest BCUT2D eigenvalue weighted by molar-refractivity contribution is -0.137. The number of nitrogens with zero attached hydrogens (tertiary/aromatic N) is 3. The van der Waals surface area contributed by atoms with Crippen LogP contribution in [0.25, 0.3) is 16.6 Å². The average Bonchev–Trinajstić information content (AvgIpc) is 3.25. The lowest BCUT2D eigenvalue weighted by Crippen LogP contribution is -2.14. The van der Waals surface area contributed by atoms with E-state index in [2.05, 4.69) is 15.2 Å². The van der Waals surface area contributed by atoms with E-state index >= 15 is 0 Å². The van der Waals surface area contributed by atoms with Crippen molar-refractivity contribution < 1.29 is 18.0 Å². The second-order valence-corrected chi connectivity index (χ2v) is 7.84. The molecule has 5 nitrogen and oxygen atoms in total. The van der Waals surface area contributed by atoms with Crippen LogP contribution in [0.2, 0.25) is 5.02 Å². The second-order valence-electron chi connectivity index (χ2n) is 6.12. The van der Waals surface area contributed by atoms with Crippen LogP contribution in [0.5, 0.6) is 0 Å². The molecule has 3 heterocycles. The molecule has 0 aliphatic heterocycles. The Morgan fingerprint density at radius 3 is 2.79 bits per heavy atom. The Balaban J connectivity index is 1.67. The number of fused-ring (bicyclic) bond motifs is 2. The highest BCUT2D eigenvalue weighted by molar-refractivity contribution is 8.00. The maximum atomic E-state index is 13.1. The number of nitrogens with one attached hydrogen (secondary N) is 1. The highest BCUT2D eigenvalue weighted by Crippen LogP contribution is 2.34. The number of aromatic amines is 1. The molecule has 4 rings (SSSR count). The number of hydrogen-bond acceptors (Lipinski definition) is 4. The zero-order valence-electron chi connectivity index (χ0n) is 14.3. The molecule has 0 amide bonds. The van der Waals surface area contributed by atoms with Gasteiger partial charge >= 0.3 is 6.18 Å². The van der Waals surface area contributed by atoms with Gasteiger partial charge in [-0.2, -0.15) is 13.2 Å². The van der Waals surface area contributed by atoms with Gasteiger partial charge in [0.05, 0.1) is 15.8 Å². The van der Waals surface area contributed by atoms with Gasteiger partial charge in [-0.15, -0.1) is 10.2 Å². The minimum atomic E-state index is -4.56. The van der Waals surface area contributed by atoms with Crippen molar-refractivity contribution in [1.82, 2.24) is 19.6 Å². The number of carbonyl (C=O) groups excluding carboxylic acids is 1. The summed E-state index contributed by atoms with van der Waals surface area (Å²) >= 11 is 6.95. The van der Waals surface area contributed by atoms with Crippen molar-refractivity contribution in [2.75, 3.05) is 0 Å². The number of alkyl halides is 3. The van der Waals surface area contributed by atoms with Gasteiger partial charge in [-0.25, -0.2) is 0 Å². The van der Waals surface area contributed by atoms with Crippen molar-refractivity contribution >= 4 is 45.7 Å². The summed E-state index contributed by atoms with van der Waals surface area (Å²) in [6.45, 7) is 1.67. The number of hydrogen-bond donors (Lipinski definition) is 1. The molecular weight excluding hydrogens is 413 g/mol. The molecule has 0 bridgehead atoms. The largest absolute Gasteiger partial charge is 0.417 e. The van der Waals surface area contributed by atoms with Crippen LogP contribution in [0.15, 0.2) is 47.9 Å². The summed E-state index contributed by atoms with van der Waals surface area (Å²) in [5, 5.41) is 7.93. The van der Waals surface area contributed by atoms with Crippen molar-refractivity contribution in [2.45, 2.75) is 23.5 Å². The van der Waals surface area contributed by atoms with Crippen molar-refractivity contribution in [1.29, 1.82) is 0 Å². The molecule has 0 saturated carbocycles. The van der Waals surface area contributed by atoms with Gasteiger partial charge in [0.25, 0.3) is 0 Å². The fourth-order valence-corrected chi connectivity index (χ4v) is 4.01. The molecule has 0 fully saturated rings. The maximum absolute atomic E-state index is 13.1. The zero-order chi connectivity index (χ0) is 20.1. The number of Topliss-reactive ketones (excluding diaryl/α,β-unsaturated/α-hetero) is 1. The van der Waals surface area contributed by atoms with Crippen LogP contribution in [0, 0.1) is 0 Å². The molecule has 0 spiro atoms. The van der Waals surface area contributed by atoms with Crippen LogP contribution in [-0.4, -0.2) is 30.6 Å². The Morgan fingerprint density at radius 1 is 1.29 bits per heavy atom. The third kappa shape index (κ3) is 3.24. The Bertz CT molecular complexity index is 1200. The van der Waals surface area contributed by atoms with E-state index < -0.39 is 17.0 Å². The van der Waals surface area contributed by atoms with E-state index in [1.807, 2.05) is 24.3 Å². The van der Waals surface area contributed by atoms with E-state index in [1.165, 1.54) is 0 Å². The number of para-hydroxylation sites is 1. The SMILES string of the molecule is CC(Sc1nnc2c(Cl)cc(C(F)(F)F)cn12)C(=O)c1c[nH]c2ccccc12. The Kier molecular flexibility index (Phi) is 4.59. The number of aromatic nitrogens is 4. The molecule has 0 aliphatic rings. The van der Waals surface area contributed by atoms with Gasteiger partial charge in [0.15, 0.2) is 16.6 Å². The molecule has 1 N–H and O–H groups in total. The fourth-order valence-electron chi connectivity index (χ4n) is 2.88. The highest BCUT2D eigenvalue weighted by atomic mass is 35.5. The van der Waals surface area contributed by atoms with Gasteiger partial charge in [0.1, 0.15) is 0 Å². The second kappa shape index (κ2) is 6.82. The topological polar surface area (TPSA) is 63.1 Å². The summed E-state index contributed by atoms with van der Waals surface area (Å²) in [6.07, 6.45) is -2.05. The van der Waals surface area contributed by atoms with Crippen molar-refractivity contribution in [3.05, 3.63) is 58.9 Å². The average molecular weight is 425 g/mol. The summed E-state index contributed by atoms with van der Waals surface area (Å²) in [7, 11) is 0. The smallest absolute Gasteiger partial charge is 0.360 e. The summed E-state index contributed by atoms with van der Waals surface area (Å²) < 4.78 is 40.4. The fraction of sp³-hybridized carbons (Fsp3) is 0.167. The van der Waals surface area contributed by atoms with Crippen LogP contribution in [0.1, 0.15) is 22.8 Å². The van der Waals surface area contributed by atoms with Gasteiger partial charge in [-0.1, -0.05) is 41.6 Å². The predicted octanol–water partition coefficient (Wildman–Crippen LogP) is 5.25. The third-order valence-electron chi connectivity index (χ3n) is 4.26. The van der Waals surface area contributed by atoms with E-state index in [0.29, 0.717) is 5.56 Å². The molecule has 144 valence electrons. The van der Waals surface area contributed by atoms with E-state index in [-0.39, 0.29) is 21.6 Å². The predicted molar refractivity (Wildman–Crippen MR) is 101 cm³/mol. The van der Waals surface area contributed by atoms with E-state index in [9.17, 15) is 18.0 Å². The van der Waals surface area contributed by atoms with Crippen molar-refractivity contribution in [3.8, 4) is 0 Å². The highest BCUT2D eigenvalue weighted by Gasteiger charge is 2.32. The summed E-state index contributed by atoms with van der Waals surface area (Å²) in [5.74, 6) is -0.169.